The third-order valence-corrected chi connectivity index (χ3v) is 6.65. The number of allylic oxidation sites excluding steroid dienone is 6. The van der Waals surface area contributed by atoms with E-state index in [2.05, 4.69) is 54.4 Å². The predicted octanol–water partition coefficient (Wildman–Crippen LogP) is 6.05. The Morgan fingerprint density at radius 2 is 1.97 bits per heavy atom. The van der Waals surface area contributed by atoms with Crippen LogP contribution in [0.2, 0.25) is 0 Å². The number of hydrogen-bond donors (Lipinski definition) is 2. The number of rotatable bonds is 10. The Balaban J connectivity index is 1.89. The quantitative estimate of drug-likeness (QED) is 0.398. The number of nitrogens with two attached hydrogens (primary N) is 1. The van der Waals surface area contributed by atoms with Crippen molar-refractivity contribution in [3.8, 4) is 5.75 Å². The number of nitrogens with one attached hydrogen (secondary N) is 1. The minimum atomic E-state index is -0.139. The van der Waals surface area contributed by atoms with Crippen LogP contribution in [0.1, 0.15) is 36.2 Å². The van der Waals surface area contributed by atoms with Gasteiger partial charge in [-0.2, -0.15) is 0 Å². The van der Waals surface area contributed by atoms with Crippen LogP contribution >= 0.6 is 11.8 Å². The van der Waals surface area contributed by atoms with E-state index in [1.807, 2.05) is 42.7 Å². The van der Waals surface area contributed by atoms with Crippen molar-refractivity contribution in [1.82, 2.24) is 5.32 Å². The lowest BCUT2D eigenvalue weighted by molar-refractivity contribution is 0.0950. The maximum atomic E-state index is 12.9. The average molecular weight is 490 g/mol. The van der Waals surface area contributed by atoms with E-state index in [0.29, 0.717) is 17.9 Å². The maximum absolute atomic E-state index is 12.9. The van der Waals surface area contributed by atoms with E-state index in [9.17, 15) is 4.79 Å². The molecule has 2 aromatic carbocycles. The Labute approximate surface area is 213 Å². The molecule has 0 heterocycles. The van der Waals surface area contributed by atoms with Crippen LogP contribution in [-0.2, 0) is 6.54 Å². The lowest BCUT2D eigenvalue weighted by Gasteiger charge is -2.30. The summed E-state index contributed by atoms with van der Waals surface area (Å²) >= 11 is 1.70. The van der Waals surface area contributed by atoms with Gasteiger partial charge in [-0.25, -0.2) is 0 Å². The SMILES string of the molecule is CCCN(C(/C=C\N)=C1\C=CC=CC1C)c1ccc(C(=O)NCc2ccc(SC)cc2)cc1OC. The largest absolute Gasteiger partial charge is 0.495 e. The fourth-order valence-electron chi connectivity index (χ4n) is 4.06. The van der Waals surface area contributed by atoms with Gasteiger partial charge < -0.3 is 20.7 Å². The maximum Gasteiger partial charge on any atom is 0.251 e. The normalized spacial score (nSPS) is 16.4. The smallest absolute Gasteiger partial charge is 0.251 e. The molecule has 35 heavy (non-hydrogen) atoms. The second-order valence-electron chi connectivity index (χ2n) is 8.30. The fraction of sp³-hybridized carbons (Fsp3) is 0.276. The van der Waals surface area contributed by atoms with Crippen molar-refractivity contribution in [2.24, 2.45) is 11.7 Å². The Hall–Kier alpha value is -3.38. The molecule has 1 aliphatic rings. The molecule has 0 aromatic heterocycles. The van der Waals surface area contributed by atoms with E-state index in [1.165, 1.54) is 10.5 Å². The first-order valence-electron chi connectivity index (χ1n) is 11.9. The molecule has 3 N–H and O–H groups in total. The number of amides is 1. The van der Waals surface area contributed by atoms with Crippen LogP contribution in [0.4, 0.5) is 5.69 Å². The highest BCUT2D eigenvalue weighted by molar-refractivity contribution is 7.98. The average Bonchev–Trinajstić information content (AvgIpc) is 2.89. The van der Waals surface area contributed by atoms with Crippen molar-refractivity contribution in [3.63, 3.8) is 0 Å². The van der Waals surface area contributed by atoms with Gasteiger partial charge in [0.2, 0.25) is 0 Å². The number of hydrogen-bond acceptors (Lipinski definition) is 5. The first kappa shape index (κ1) is 26.2. The van der Waals surface area contributed by atoms with E-state index in [-0.39, 0.29) is 11.8 Å². The highest BCUT2D eigenvalue weighted by Crippen LogP contribution is 2.35. The van der Waals surface area contributed by atoms with Crippen LogP contribution in [0.25, 0.3) is 0 Å². The molecular weight excluding hydrogens is 454 g/mol. The summed E-state index contributed by atoms with van der Waals surface area (Å²) in [5.74, 6) is 0.758. The monoisotopic (exact) mass is 489 g/mol. The highest BCUT2D eigenvalue weighted by Gasteiger charge is 2.21. The molecule has 1 amide bonds. The van der Waals surface area contributed by atoms with Gasteiger partial charge in [0.05, 0.1) is 12.8 Å². The van der Waals surface area contributed by atoms with E-state index in [1.54, 1.807) is 31.1 Å². The minimum Gasteiger partial charge on any atom is -0.495 e. The molecule has 1 unspecified atom stereocenters. The molecule has 3 rings (SSSR count). The lowest BCUT2D eigenvalue weighted by Crippen LogP contribution is -2.26. The highest BCUT2D eigenvalue weighted by atomic mass is 32.2. The van der Waals surface area contributed by atoms with Crippen LogP contribution in [0.3, 0.4) is 0 Å². The van der Waals surface area contributed by atoms with Gasteiger partial charge in [0.25, 0.3) is 5.91 Å². The van der Waals surface area contributed by atoms with Crippen LogP contribution in [0.15, 0.2) is 95.2 Å². The van der Waals surface area contributed by atoms with Crippen molar-refractivity contribution in [2.75, 3.05) is 24.8 Å². The van der Waals surface area contributed by atoms with Crippen molar-refractivity contribution in [2.45, 2.75) is 31.7 Å². The first-order valence-corrected chi connectivity index (χ1v) is 13.1. The topological polar surface area (TPSA) is 67.6 Å². The Kier molecular flexibility index (Phi) is 9.67. The summed E-state index contributed by atoms with van der Waals surface area (Å²) in [5, 5.41) is 3.01. The third kappa shape index (κ3) is 6.61. The first-order chi connectivity index (χ1) is 17.0. The third-order valence-electron chi connectivity index (χ3n) is 5.91. The van der Waals surface area contributed by atoms with Gasteiger partial charge >= 0.3 is 0 Å². The minimum absolute atomic E-state index is 0.139. The van der Waals surface area contributed by atoms with Crippen LogP contribution < -0.4 is 20.7 Å². The molecule has 0 fully saturated rings. The number of methoxy groups -OCH3 is 1. The molecule has 0 bridgehead atoms. The predicted molar refractivity (Wildman–Crippen MR) is 148 cm³/mol. The van der Waals surface area contributed by atoms with E-state index in [0.717, 1.165) is 29.9 Å². The van der Waals surface area contributed by atoms with Gasteiger partial charge in [0.15, 0.2) is 0 Å². The van der Waals surface area contributed by atoms with Crippen molar-refractivity contribution in [1.29, 1.82) is 0 Å². The standard InChI is InChI=1S/C29H35N3O2S/c1-5-18-32(26(16-17-30)25-9-7-6-8-21(25)2)27-15-12-23(19-28(27)34-3)29(33)31-20-22-10-13-24(35-4)14-11-22/h6-17,19,21H,5,18,20,30H2,1-4H3,(H,31,33)/b17-16-,26-25+. The Bertz CT molecular complexity index is 1130. The molecule has 6 heteroatoms. The second kappa shape index (κ2) is 12.9. The summed E-state index contributed by atoms with van der Waals surface area (Å²) in [7, 11) is 1.63. The number of thioether (sulfide) groups is 1. The number of carbonyl (C=O) groups excluding carboxylic acids is 1. The zero-order chi connectivity index (χ0) is 25.2. The summed E-state index contributed by atoms with van der Waals surface area (Å²) in [6, 6.07) is 13.8. The fourth-order valence-corrected chi connectivity index (χ4v) is 4.47. The van der Waals surface area contributed by atoms with Gasteiger partial charge in [-0.05, 0) is 66.4 Å². The number of anilines is 1. The number of ether oxygens (including phenoxy) is 1. The van der Waals surface area contributed by atoms with Crippen LogP contribution in [0, 0.1) is 5.92 Å². The zero-order valence-electron chi connectivity index (χ0n) is 21.0. The van der Waals surface area contributed by atoms with Crippen LogP contribution in [0.5, 0.6) is 5.75 Å². The van der Waals surface area contributed by atoms with E-state index < -0.39 is 0 Å². The van der Waals surface area contributed by atoms with E-state index >= 15 is 0 Å². The van der Waals surface area contributed by atoms with Gasteiger partial charge in [0.1, 0.15) is 5.75 Å². The molecule has 0 radical (unpaired) electrons. The summed E-state index contributed by atoms with van der Waals surface area (Å²) in [4.78, 5) is 16.3. The molecule has 0 saturated heterocycles. The molecule has 0 spiro atoms. The van der Waals surface area contributed by atoms with Gasteiger partial charge in [-0.1, -0.05) is 50.3 Å². The second-order valence-corrected chi connectivity index (χ2v) is 9.18. The van der Waals surface area contributed by atoms with E-state index in [4.69, 9.17) is 10.5 Å². The lowest BCUT2D eigenvalue weighted by atomic mass is 9.93. The zero-order valence-corrected chi connectivity index (χ0v) is 21.8. The van der Waals surface area contributed by atoms with Gasteiger partial charge in [-0.3, -0.25) is 4.79 Å². The number of benzene rings is 2. The Morgan fingerprint density at radius 3 is 2.60 bits per heavy atom. The molecule has 184 valence electrons. The summed E-state index contributed by atoms with van der Waals surface area (Å²) in [6.07, 6.45) is 14.9. The van der Waals surface area contributed by atoms with Gasteiger partial charge in [0, 0.05) is 35.2 Å². The molecule has 0 aliphatic heterocycles. The molecule has 0 saturated carbocycles. The summed E-state index contributed by atoms with van der Waals surface area (Å²) < 4.78 is 5.76. The molecule has 5 nitrogen and oxygen atoms in total. The van der Waals surface area contributed by atoms with Gasteiger partial charge in [-0.15, -0.1) is 11.8 Å². The van der Waals surface area contributed by atoms with Crippen molar-refractivity contribution in [3.05, 3.63) is 101 Å². The van der Waals surface area contributed by atoms with Crippen molar-refractivity contribution >= 4 is 23.4 Å². The Morgan fingerprint density at radius 1 is 1.20 bits per heavy atom. The molecule has 1 aliphatic carbocycles. The summed E-state index contributed by atoms with van der Waals surface area (Å²) in [6.45, 7) is 5.56. The number of carbonyl (C=O) groups is 1. The number of nitrogens with zero attached hydrogens (tertiary/aromatic N) is 1. The molecule has 2 aromatic rings. The molecule has 1 atom stereocenters. The van der Waals surface area contributed by atoms with Crippen LogP contribution in [-0.4, -0.2) is 25.8 Å². The van der Waals surface area contributed by atoms with Crippen molar-refractivity contribution < 1.29 is 9.53 Å². The molecular formula is C29H35N3O2S. The summed E-state index contributed by atoms with van der Waals surface area (Å²) in [5.41, 5.74) is 10.6.